The highest BCUT2D eigenvalue weighted by molar-refractivity contribution is 5.71. The summed E-state index contributed by atoms with van der Waals surface area (Å²) in [5.41, 5.74) is 0. The lowest BCUT2D eigenvalue weighted by atomic mass is 10.2. The molecule has 1 aliphatic rings. The van der Waals surface area contributed by atoms with Crippen LogP contribution in [0, 0.1) is 0 Å². The van der Waals surface area contributed by atoms with Gasteiger partial charge in [-0.1, -0.05) is 6.92 Å². The smallest absolute Gasteiger partial charge is 0.319 e. The molecule has 0 aromatic rings. The van der Waals surface area contributed by atoms with E-state index in [4.69, 9.17) is 9.47 Å². The van der Waals surface area contributed by atoms with Crippen molar-refractivity contribution >= 4 is 5.97 Å². The Morgan fingerprint density at radius 3 is 2.83 bits per heavy atom. The van der Waals surface area contributed by atoms with Gasteiger partial charge in [-0.15, -0.1) is 0 Å². The molecule has 0 radical (unpaired) electrons. The zero-order valence-corrected chi connectivity index (χ0v) is 12.0. The fraction of sp³-hybridized carbons (Fsp3) is 0.923. The Morgan fingerprint density at radius 2 is 2.28 bits per heavy atom. The van der Waals surface area contributed by atoms with Crippen molar-refractivity contribution < 1.29 is 14.3 Å². The molecule has 0 aliphatic carbocycles. The molecule has 0 saturated carbocycles. The zero-order valence-electron chi connectivity index (χ0n) is 12.0. The fourth-order valence-corrected chi connectivity index (χ4v) is 2.13. The summed E-state index contributed by atoms with van der Waals surface area (Å²) in [7, 11) is 1.43. The van der Waals surface area contributed by atoms with Crippen molar-refractivity contribution in [1.29, 1.82) is 0 Å². The lowest BCUT2D eigenvalue weighted by Crippen LogP contribution is -2.49. The lowest BCUT2D eigenvalue weighted by molar-refractivity contribution is -0.143. The molecule has 1 aliphatic heterocycles. The van der Waals surface area contributed by atoms with Crippen LogP contribution in [0.1, 0.15) is 20.8 Å². The Morgan fingerprint density at radius 1 is 1.56 bits per heavy atom. The van der Waals surface area contributed by atoms with Crippen LogP contribution in [-0.4, -0.2) is 74.4 Å². The van der Waals surface area contributed by atoms with Crippen molar-refractivity contribution in [3.8, 4) is 0 Å². The maximum Gasteiger partial charge on any atom is 0.319 e. The standard InChI is InChI=1S/C13H26N2O3/c1-5-14-6-7-18-12(8-14)9-15(11(2)3)10-13(16)17-4/h11-12H,5-10H2,1-4H3. The third kappa shape index (κ3) is 4.92. The molecule has 0 N–H and O–H groups in total. The zero-order chi connectivity index (χ0) is 13.5. The van der Waals surface area contributed by atoms with Crippen LogP contribution < -0.4 is 0 Å². The van der Waals surface area contributed by atoms with Crippen LogP contribution in [0.2, 0.25) is 0 Å². The molecule has 0 aromatic carbocycles. The molecule has 5 nitrogen and oxygen atoms in total. The second kappa shape index (κ2) is 7.71. The second-order valence-electron chi connectivity index (χ2n) is 4.99. The van der Waals surface area contributed by atoms with E-state index in [9.17, 15) is 4.79 Å². The van der Waals surface area contributed by atoms with Crippen molar-refractivity contribution in [2.45, 2.75) is 32.9 Å². The highest BCUT2D eigenvalue weighted by Gasteiger charge is 2.24. The number of carbonyl (C=O) groups excluding carboxylic acids is 1. The van der Waals surface area contributed by atoms with Crippen molar-refractivity contribution in [3.63, 3.8) is 0 Å². The van der Waals surface area contributed by atoms with Crippen molar-refractivity contribution in [3.05, 3.63) is 0 Å². The Labute approximate surface area is 110 Å². The van der Waals surface area contributed by atoms with Gasteiger partial charge in [0.2, 0.25) is 0 Å². The van der Waals surface area contributed by atoms with Crippen molar-refractivity contribution in [2.75, 3.05) is 46.4 Å². The summed E-state index contributed by atoms with van der Waals surface area (Å²) in [6.07, 6.45) is 0.186. The third-order valence-corrected chi connectivity index (χ3v) is 3.40. The fourth-order valence-electron chi connectivity index (χ4n) is 2.13. The van der Waals surface area contributed by atoms with E-state index in [0.717, 1.165) is 32.8 Å². The molecule has 0 amide bonds. The van der Waals surface area contributed by atoms with E-state index in [1.165, 1.54) is 7.11 Å². The molecule has 0 spiro atoms. The minimum absolute atomic E-state index is 0.186. The quantitative estimate of drug-likeness (QED) is 0.652. The number of rotatable bonds is 6. The monoisotopic (exact) mass is 258 g/mol. The molecule has 5 heteroatoms. The number of methoxy groups -OCH3 is 1. The molecular weight excluding hydrogens is 232 g/mol. The number of morpholine rings is 1. The first-order valence-corrected chi connectivity index (χ1v) is 6.71. The van der Waals surface area contributed by atoms with Crippen LogP contribution in [-0.2, 0) is 14.3 Å². The number of hydrogen-bond acceptors (Lipinski definition) is 5. The van der Waals surface area contributed by atoms with Crippen LogP contribution in [0.3, 0.4) is 0 Å². The molecule has 1 atom stereocenters. The van der Waals surface area contributed by atoms with Crippen LogP contribution in [0.15, 0.2) is 0 Å². The van der Waals surface area contributed by atoms with E-state index in [1.54, 1.807) is 0 Å². The molecule has 0 bridgehead atoms. The van der Waals surface area contributed by atoms with Crippen LogP contribution in [0.4, 0.5) is 0 Å². The number of nitrogens with zero attached hydrogens (tertiary/aromatic N) is 2. The summed E-state index contributed by atoms with van der Waals surface area (Å²) < 4.78 is 10.5. The average Bonchev–Trinajstić information content (AvgIpc) is 2.37. The Balaban J connectivity index is 2.47. The third-order valence-electron chi connectivity index (χ3n) is 3.40. The van der Waals surface area contributed by atoms with E-state index >= 15 is 0 Å². The summed E-state index contributed by atoms with van der Waals surface area (Å²) in [4.78, 5) is 15.9. The van der Waals surface area contributed by atoms with E-state index in [2.05, 4.69) is 30.6 Å². The topological polar surface area (TPSA) is 42.0 Å². The Kier molecular flexibility index (Phi) is 6.60. The SMILES string of the molecule is CCN1CCOC(CN(CC(=O)OC)C(C)C)C1. The summed E-state index contributed by atoms with van der Waals surface area (Å²) >= 11 is 0. The summed E-state index contributed by atoms with van der Waals surface area (Å²) in [5.74, 6) is -0.188. The number of esters is 1. The van der Waals surface area contributed by atoms with E-state index in [-0.39, 0.29) is 12.1 Å². The second-order valence-corrected chi connectivity index (χ2v) is 4.99. The highest BCUT2D eigenvalue weighted by atomic mass is 16.5. The molecule has 1 saturated heterocycles. The van der Waals surface area contributed by atoms with Gasteiger partial charge in [0.1, 0.15) is 0 Å². The first-order chi connectivity index (χ1) is 8.56. The predicted octanol–water partition coefficient (Wildman–Crippen LogP) is 0.591. The van der Waals surface area contributed by atoms with E-state index < -0.39 is 0 Å². The molecule has 1 unspecified atom stereocenters. The van der Waals surface area contributed by atoms with Crippen LogP contribution >= 0.6 is 0 Å². The molecule has 0 aromatic heterocycles. The lowest BCUT2D eigenvalue weighted by Gasteiger charge is -2.36. The first kappa shape index (κ1) is 15.4. The number of carbonyl (C=O) groups is 1. The van der Waals surface area contributed by atoms with Gasteiger partial charge in [-0.25, -0.2) is 0 Å². The Hall–Kier alpha value is -0.650. The Bertz CT molecular complexity index is 259. The van der Waals surface area contributed by atoms with Crippen molar-refractivity contribution in [1.82, 2.24) is 9.80 Å². The van der Waals surface area contributed by atoms with Gasteiger partial charge in [-0.2, -0.15) is 0 Å². The van der Waals surface area contributed by atoms with Gasteiger partial charge in [-0.3, -0.25) is 14.6 Å². The summed E-state index contributed by atoms with van der Waals surface area (Å²) in [6.45, 7) is 11.2. The summed E-state index contributed by atoms with van der Waals surface area (Å²) in [6, 6.07) is 0.310. The number of ether oxygens (including phenoxy) is 2. The van der Waals surface area contributed by atoms with E-state index in [1.807, 2.05) is 0 Å². The summed E-state index contributed by atoms with van der Waals surface area (Å²) in [5, 5.41) is 0. The molecule has 18 heavy (non-hydrogen) atoms. The van der Waals surface area contributed by atoms with Gasteiger partial charge in [0.05, 0.1) is 26.4 Å². The maximum atomic E-state index is 11.4. The maximum absolute atomic E-state index is 11.4. The van der Waals surface area contributed by atoms with E-state index in [0.29, 0.717) is 12.6 Å². The number of hydrogen-bond donors (Lipinski definition) is 0. The molecule has 1 fully saturated rings. The molecule has 1 heterocycles. The minimum atomic E-state index is -0.188. The van der Waals surface area contributed by atoms with Crippen LogP contribution in [0.25, 0.3) is 0 Å². The van der Waals surface area contributed by atoms with Gasteiger partial charge in [0, 0.05) is 25.7 Å². The largest absolute Gasteiger partial charge is 0.468 e. The molecular formula is C13H26N2O3. The van der Waals surface area contributed by atoms with Crippen molar-refractivity contribution in [2.24, 2.45) is 0 Å². The highest BCUT2D eigenvalue weighted by Crippen LogP contribution is 2.09. The van der Waals surface area contributed by atoms with Gasteiger partial charge in [-0.05, 0) is 20.4 Å². The van der Waals surface area contributed by atoms with Crippen LogP contribution in [0.5, 0.6) is 0 Å². The first-order valence-electron chi connectivity index (χ1n) is 6.71. The minimum Gasteiger partial charge on any atom is -0.468 e. The number of likely N-dealkylation sites (N-methyl/N-ethyl adjacent to an activating group) is 1. The molecule has 1 rings (SSSR count). The normalized spacial score (nSPS) is 21.6. The molecule has 106 valence electrons. The van der Waals surface area contributed by atoms with Gasteiger partial charge in [0.15, 0.2) is 0 Å². The van der Waals surface area contributed by atoms with Gasteiger partial charge in [0.25, 0.3) is 0 Å². The predicted molar refractivity (Wildman–Crippen MR) is 70.6 cm³/mol. The van der Waals surface area contributed by atoms with Gasteiger partial charge >= 0.3 is 5.97 Å². The van der Waals surface area contributed by atoms with Gasteiger partial charge < -0.3 is 9.47 Å². The average molecular weight is 258 g/mol.